The minimum absolute atomic E-state index is 0.232. The molecule has 0 bridgehead atoms. The van der Waals surface area contributed by atoms with Crippen LogP contribution in [0.1, 0.15) is 23.2 Å². The number of aromatic nitrogens is 1. The van der Waals surface area contributed by atoms with Gasteiger partial charge in [0.25, 0.3) is 5.91 Å². The molecule has 23 heavy (non-hydrogen) atoms. The first kappa shape index (κ1) is 16.2. The molecule has 1 aromatic heterocycles. The van der Waals surface area contributed by atoms with E-state index < -0.39 is 6.04 Å². The van der Waals surface area contributed by atoms with E-state index in [2.05, 4.69) is 10.3 Å². The second-order valence-electron chi connectivity index (χ2n) is 5.11. The third kappa shape index (κ3) is 3.49. The summed E-state index contributed by atoms with van der Waals surface area (Å²) in [5, 5.41) is 5.80. The molecule has 3 rings (SSSR count). The molecule has 1 atom stereocenters. The lowest BCUT2D eigenvalue weighted by molar-refractivity contribution is -0.119. The molecule has 2 aromatic rings. The lowest BCUT2D eigenvalue weighted by Crippen LogP contribution is -2.43. The lowest BCUT2D eigenvalue weighted by atomic mass is 10.1. The maximum Gasteiger partial charge on any atom is 0.256 e. The summed E-state index contributed by atoms with van der Waals surface area (Å²) in [6.07, 6.45) is 2.99. The van der Waals surface area contributed by atoms with Crippen LogP contribution in [0.15, 0.2) is 29.8 Å². The predicted molar refractivity (Wildman–Crippen MR) is 91.3 cm³/mol. The van der Waals surface area contributed by atoms with Gasteiger partial charge in [-0.3, -0.25) is 9.59 Å². The summed E-state index contributed by atoms with van der Waals surface area (Å²) in [7, 11) is 0. The predicted octanol–water partition coefficient (Wildman–Crippen LogP) is 3.69. The van der Waals surface area contributed by atoms with Gasteiger partial charge in [0.1, 0.15) is 6.04 Å². The molecule has 5 nitrogen and oxygen atoms in total. The van der Waals surface area contributed by atoms with Gasteiger partial charge < -0.3 is 10.2 Å². The third-order valence-electron chi connectivity index (χ3n) is 3.64. The van der Waals surface area contributed by atoms with Crippen molar-refractivity contribution in [1.29, 1.82) is 0 Å². The molecule has 0 saturated carbocycles. The van der Waals surface area contributed by atoms with Gasteiger partial charge in [-0.2, -0.15) is 0 Å². The molecule has 8 heteroatoms. The number of nitrogens with one attached hydrogen (secondary N) is 1. The maximum atomic E-state index is 12.7. The number of halogens is 2. The average Bonchev–Trinajstić information content (AvgIpc) is 3.20. The van der Waals surface area contributed by atoms with Crippen molar-refractivity contribution in [3.63, 3.8) is 0 Å². The molecule has 1 aliphatic rings. The van der Waals surface area contributed by atoms with Crippen LogP contribution in [0.2, 0.25) is 10.0 Å². The van der Waals surface area contributed by atoms with Crippen molar-refractivity contribution in [2.24, 2.45) is 0 Å². The molecule has 1 aliphatic heterocycles. The molecule has 2 amide bonds. The number of nitrogens with zero attached hydrogens (tertiary/aromatic N) is 2. The van der Waals surface area contributed by atoms with Crippen molar-refractivity contribution in [2.75, 3.05) is 11.9 Å². The van der Waals surface area contributed by atoms with Crippen molar-refractivity contribution in [1.82, 2.24) is 9.88 Å². The second kappa shape index (κ2) is 6.86. The fraction of sp³-hybridized carbons (Fsp3) is 0.267. The zero-order chi connectivity index (χ0) is 16.4. The zero-order valence-corrected chi connectivity index (χ0v) is 14.3. The van der Waals surface area contributed by atoms with Gasteiger partial charge in [0.2, 0.25) is 5.91 Å². The Morgan fingerprint density at radius 2 is 2.17 bits per heavy atom. The molecule has 1 N–H and O–H groups in total. The summed E-state index contributed by atoms with van der Waals surface area (Å²) >= 11 is 13.4. The average molecular weight is 370 g/mol. The number of likely N-dealkylation sites (tertiary alicyclic amines) is 1. The minimum atomic E-state index is -0.526. The van der Waals surface area contributed by atoms with E-state index in [-0.39, 0.29) is 11.8 Å². The van der Waals surface area contributed by atoms with E-state index in [0.717, 1.165) is 6.42 Å². The topological polar surface area (TPSA) is 62.3 Å². The van der Waals surface area contributed by atoms with Crippen LogP contribution in [0.25, 0.3) is 0 Å². The molecule has 0 radical (unpaired) electrons. The number of hydrogen-bond donors (Lipinski definition) is 1. The van der Waals surface area contributed by atoms with Crippen LogP contribution in [0.4, 0.5) is 5.13 Å². The Morgan fingerprint density at radius 1 is 1.35 bits per heavy atom. The van der Waals surface area contributed by atoms with E-state index >= 15 is 0 Å². The van der Waals surface area contributed by atoms with Crippen LogP contribution >= 0.6 is 34.5 Å². The van der Waals surface area contributed by atoms with Crippen LogP contribution < -0.4 is 5.32 Å². The first-order valence-corrected chi connectivity index (χ1v) is 8.66. The SMILES string of the molecule is O=C(Nc1nccs1)[C@H]1CCCN1C(=O)c1cc(Cl)ccc1Cl. The van der Waals surface area contributed by atoms with Gasteiger partial charge in [0, 0.05) is 23.1 Å². The number of carbonyl (C=O) groups excluding carboxylic acids is 2. The highest BCUT2D eigenvalue weighted by molar-refractivity contribution is 7.13. The number of thiazole rings is 1. The van der Waals surface area contributed by atoms with Crippen LogP contribution in [-0.4, -0.2) is 34.3 Å². The van der Waals surface area contributed by atoms with Gasteiger partial charge in [-0.25, -0.2) is 4.98 Å². The van der Waals surface area contributed by atoms with E-state index in [9.17, 15) is 9.59 Å². The first-order valence-electron chi connectivity index (χ1n) is 7.02. The van der Waals surface area contributed by atoms with Crippen molar-refractivity contribution in [3.05, 3.63) is 45.4 Å². The molecule has 0 aliphatic carbocycles. The van der Waals surface area contributed by atoms with Gasteiger partial charge in [-0.05, 0) is 31.0 Å². The third-order valence-corrected chi connectivity index (χ3v) is 4.89. The lowest BCUT2D eigenvalue weighted by Gasteiger charge is -2.24. The molecule has 1 saturated heterocycles. The Balaban J connectivity index is 1.79. The highest BCUT2D eigenvalue weighted by Gasteiger charge is 2.35. The van der Waals surface area contributed by atoms with Gasteiger partial charge in [-0.15, -0.1) is 11.3 Å². The maximum absolute atomic E-state index is 12.7. The molecule has 120 valence electrons. The zero-order valence-electron chi connectivity index (χ0n) is 12.0. The van der Waals surface area contributed by atoms with Gasteiger partial charge in [0.05, 0.1) is 10.6 Å². The molecule has 2 heterocycles. The number of carbonyl (C=O) groups is 2. The Labute approximate surface area is 147 Å². The van der Waals surface area contributed by atoms with Crippen molar-refractivity contribution in [2.45, 2.75) is 18.9 Å². The molecule has 1 aromatic carbocycles. The van der Waals surface area contributed by atoms with Crippen LogP contribution in [-0.2, 0) is 4.79 Å². The van der Waals surface area contributed by atoms with Gasteiger partial charge >= 0.3 is 0 Å². The minimum Gasteiger partial charge on any atom is -0.327 e. The van der Waals surface area contributed by atoms with E-state index in [0.29, 0.717) is 33.7 Å². The Kier molecular flexibility index (Phi) is 4.84. The second-order valence-corrected chi connectivity index (χ2v) is 6.85. The number of benzene rings is 1. The molecular weight excluding hydrogens is 357 g/mol. The number of anilines is 1. The van der Waals surface area contributed by atoms with Crippen molar-refractivity contribution >= 4 is 51.5 Å². The fourth-order valence-electron chi connectivity index (χ4n) is 2.57. The monoisotopic (exact) mass is 369 g/mol. The summed E-state index contributed by atoms with van der Waals surface area (Å²) in [5.74, 6) is -0.516. The van der Waals surface area contributed by atoms with Crippen molar-refractivity contribution < 1.29 is 9.59 Å². The first-order chi connectivity index (χ1) is 11.1. The largest absolute Gasteiger partial charge is 0.327 e. The standard InChI is InChI=1S/C15H13Cl2N3O2S/c16-9-3-4-11(17)10(8-9)14(22)20-6-1-2-12(20)13(21)19-15-18-5-7-23-15/h3-5,7-8,12H,1-2,6H2,(H,18,19,21)/t12-/m1/s1. The smallest absolute Gasteiger partial charge is 0.256 e. The van der Waals surface area contributed by atoms with E-state index in [4.69, 9.17) is 23.2 Å². The summed E-state index contributed by atoms with van der Waals surface area (Å²) in [5.41, 5.74) is 0.313. The summed E-state index contributed by atoms with van der Waals surface area (Å²) in [4.78, 5) is 30.7. The highest BCUT2D eigenvalue weighted by atomic mass is 35.5. The van der Waals surface area contributed by atoms with Gasteiger partial charge in [0.15, 0.2) is 5.13 Å². The van der Waals surface area contributed by atoms with Crippen LogP contribution in [0, 0.1) is 0 Å². The Morgan fingerprint density at radius 3 is 2.91 bits per heavy atom. The van der Waals surface area contributed by atoms with Crippen LogP contribution in [0.3, 0.4) is 0 Å². The summed E-state index contributed by atoms with van der Waals surface area (Å²) in [6.45, 7) is 0.512. The number of hydrogen-bond acceptors (Lipinski definition) is 4. The van der Waals surface area contributed by atoms with Gasteiger partial charge in [-0.1, -0.05) is 23.2 Å². The molecular formula is C15H13Cl2N3O2S. The Hall–Kier alpha value is -1.63. The number of rotatable bonds is 3. The van der Waals surface area contributed by atoms with E-state index in [1.807, 2.05) is 0 Å². The number of amides is 2. The Bertz CT molecular complexity index is 736. The van der Waals surface area contributed by atoms with E-state index in [1.165, 1.54) is 17.4 Å². The quantitative estimate of drug-likeness (QED) is 0.896. The summed E-state index contributed by atoms with van der Waals surface area (Å²) < 4.78 is 0. The summed E-state index contributed by atoms with van der Waals surface area (Å²) in [6, 6.07) is 4.21. The van der Waals surface area contributed by atoms with E-state index in [1.54, 1.807) is 28.6 Å². The highest BCUT2D eigenvalue weighted by Crippen LogP contribution is 2.27. The molecule has 0 spiro atoms. The molecule has 1 fully saturated rings. The molecule has 0 unspecified atom stereocenters. The van der Waals surface area contributed by atoms with Crippen molar-refractivity contribution in [3.8, 4) is 0 Å². The fourth-order valence-corrected chi connectivity index (χ4v) is 3.47. The van der Waals surface area contributed by atoms with Crippen LogP contribution in [0.5, 0.6) is 0 Å². The normalized spacial score (nSPS) is 17.3.